The van der Waals surface area contributed by atoms with Crippen molar-refractivity contribution >= 4 is 28.8 Å². The maximum Gasteiger partial charge on any atom is 0.0543 e. The van der Waals surface area contributed by atoms with Crippen LogP contribution in [-0.2, 0) is 0 Å². The Morgan fingerprint density at radius 1 is 1.25 bits per heavy atom. The highest BCUT2D eigenvalue weighted by Gasteiger charge is 2.02. The van der Waals surface area contributed by atoms with Gasteiger partial charge < -0.3 is 11.1 Å². The molecule has 0 fully saturated rings. The summed E-state index contributed by atoms with van der Waals surface area (Å²) in [5.41, 5.74) is 8.51. The fourth-order valence-electron chi connectivity index (χ4n) is 1.44. The fraction of sp³-hybridized carbons (Fsp3) is 0.0769. The molecule has 0 spiro atoms. The van der Waals surface area contributed by atoms with Crippen molar-refractivity contribution in [1.29, 1.82) is 0 Å². The lowest BCUT2D eigenvalue weighted by atomic mass is 10.2. The third kappa shape index (κ3) is 2.49. The van der Waals surface area contributed by atoms with Gasteiger partial charge in [0, 0.05) is 22.3 Å². The van der Waals surface area contributed by atoms with Crippen LogP contribution in [0.15, 0.2) is 47.4 Å². The molecule has 0 saturated carbocycles. The molecule has 0 aliphatic rings. The standard InChI is InChI=1S/C13H13N2S/c1-16-13-8-7-10(14)9-12(13)15-11-5-3-2-4-6-11/h2-5,7-9,15H,14H2,1H3. The Labute approximate surface area is 99.9 Å². The maximum atomic E-state index is 5.78. The van der Waals surface area contributed by atoms with Crippen LogP contribution in [0.3, 0.4) is 0 Å². The number of nitrogens with one attached hydrogen (secondary N) is 1. The molecule has 0 unspecified atom stereocenters. The first-order chi connectivity index (χ1) is 7.79. The maximum absolute atomic E-state index is 5.78. The van der Waals surface area contributed by atoms with E-state index in [1.807, 2.05) is 48.7 Å². The summed E-state index contributed by atoms with van der Waals surface area (Å²) >= 11 is 1.69. The SMILES string of the molecule is CSc1ccc(N)cc1Nc1[c]cccc1. The molecule has 2 nitrogen and oxygen atoms in total. The second-order valence-corrected chi connectivity index (χ2v) is 4.21. The largest absolute Gasteiger partial charge is 0.399 e. The van der Waals surface area contributed by atoms with Crippen molar-refractivity contribution in [2.75, 3.05) is 17.3 Å². The van der Waals surface area contributed by atoms with Crippen LogP contribution in [0.25, 0.3) is 0 Å². The van der Waals surface area contributed by atoms with Crippen molar-refractivity contribution in [2.24, 2.45) is 0 Å². The molecule has 1 radical (unpaired) electrons. The van der Waals surface area contributed by atoms with E-state index in [9.17, 15) is 0 Å². The average molecular weight is 229 g/mol. The Kier molecular flexibility index (Phi) is 3.37. The molecule has 2 aromatic carbocycles. The minimum atomic E-state index is 0.760. The highest BCUT2D eigenvalue weighted by molar-refractivity contribution is 7.98. The normalized spacial score (nSPS) is 10.1. The number of para-hydroxylation sites is 1. The number of nitrogens with two attached hydrogens (primary N) is 1. The lowest BCUT2D eigenvalue weighted by molar-refractivity contribution is 1.41. The molecule has 0 amide bonds. The number of anilines is 3. The molecule has 0 saturated heterocycles. The first-order valence-corrected chi connectivity index (χ1v) is 6.19. The molecule has 0 heterocycles. The predicted octanol–water partition coefficient (Wildman–Crippen LogP) is 3.53. The van der Waals surface area contributed by atoms with E-state index in [1.165, 1.54) is 4.90 Å². The van der Waals surface area contributed by atoms with Gasteiger partial charge in [-0.3, -0.25) is 0 Å². The van der Waals surface area contributed by atoms with E-state index >= 15 is 0 Å². The van der Waals surface area contributed by atoms with Crippen molar-refractivity contribution in [1.82, 2.24) is 0 Å². The number of thioether (sulfide) groups is 1. The third-order valence-corrected chi connectivity index (χ3v) is 3.00. The Bertz CT molecular complexity index is 469. The summed E-state index contributed by atoms with van der Waals surface area (Å²) in [4.78, 5) is 1.17. The van der Waals surface area contributed by atoms with Gasteiger partial charge in [-0.2, -0.15) is 0 Å². The topological polar surface area (TPSA) is 38.0 Å². The zero-order valence-corrected chi connectivity index (χ0v) is 9.84. The Hall–Kier alpha value is -1.61. The van der Waals surface area contributed by atoms with E-state index in [0.717, 1.165) is 17.1 Å². The minimum Gasteiger partial charge on any atom is -0.399 e. The van der Waals surface area contributed by atoms with Gasteiger partial charge in [-0.1, -0.05) is 18.2 Å². The molecule has 0 atom stereocenters. The van der Waals surface area contributed by atoms with E-state index < -0.39 is 0 Å². The Morgan fingerprint density at radius 2 is 2.12 bits per heavy atom. The van der Waals surface area contributed by atoms with Gasteiger partial charge >= 0.3 is 0 Å². The first kappa shape index (κ1) is 10.9. The summed E-state index contributed by atoms with van der Waals surface area (Å²) in [6.07, 6.45) is 2.05. The number of rotatable bonds is 3. The summed E-state index contributed by atoms with van der Waals surface area (Å²) < 4.78 is 0. The quantitative estimate of drug-likeness (QED) is 0.624. The highest BCUT2D eigenvalue weighted by Crippen LogP contribution is 2.29. The van der Waals surface area contributed by atoms with Crippen LogP contribution in [-0.4, -0.2) is 6.26 Å². The number of nitrogen functional groups attached to an aromatic ring is 1. The summed E-state index contributed by atoms with van der Waals surface area (Å²) in [6.45, 7) is 0. The van der Waals surface area contributed by atoms with Crippen LogP contribution >= 0.6 is 11.8 Å². The lowest BCUT2D eigenvalue weighted by Gasteiger charge is -2.10. The Morgan fingerprint density at radius 3 is 2.81 bits per heavy atom. The van der Waals surface area contributed by atoms with Gasteiger partial charge in [-0.15, -0.1) is 11.8 Å². The number of benzene rings is 2. The van der Waals surface area contributed by atoms with Crippen molar-refractivity contribution in [3.8, 4) is 0 Å². The van der Waals surface area contributed by atoms with Crippen molar-refractivity contribution in [2.45, 2.75) is 4.90 Å². The molecule has 0 aliphatic heterocycles. The van der Waals surface area contributed by atoms with Gasteiger partial charge in [0.05, 0.1) is 5.69 Å². The molecule has 0 aliphatic carbocycles. The third-order valence-electron chi connectivity index (χ3n) is 2.20. The predicted molar refractivity (Wildman–Crippen MR) is 71.2 cm³/mol. The second kappa shape index (κ2) is 4.94. The van der Waals surface area contributed by atoms with Gasteiger partial charge in [0.1, 0.15) is 0 Å². The second-order valence-electron chi connectivity index (χ2n) is 3.36. The minimum absolute atomic E-state index is 0.760. The first-order valence-electron chi connectivity index (χ1n) is 4.97. The van der Waals surface area contributed by atoms with E-state index in [0.29, 0.717) is 0 Å². The molecule has 2 aromatic rings. The number of hydrogen-bond donors (Lipinski definition) is 2. The lowest BCUT2D eigenvalue weighted by Crippen LogP contribution is -1.94. The van der Waals surface area contributed by atoms with Gasteiger partial charge in [-0.05, 0) is 30.5 Å². The summed E-state index contributed by atoms with van der Waals surface area (Å²) in [7, 11) is 0. The smallest absolute Gasteiger partial charge is 0.0543 e. The van der Waals surface area contributed by atoms with E-state index in [2.05, 4.69) is 11.4 Å². The molecular weight excluding hydrogens is 216 g/mol. The average Bonchev–Trinajstić information content (AvgIpc) is 2.31. The summed E-state index contributed by atoms with van der Waals surface area (Å²) in [6, 6.07) is 16.8. The Balaban J connectivity index is 2.30. The summed E-state index contributed by atoms with van der Waals surface area (Å²) in [5, 5.41) is 3.31. The van der Waals surface area contributed by atoms with Gasteiger partial charge in [0.2, 0.25) is 0 Å². The van der Waals surface area contributed by atoms with E-state index in [1.54, 1.807) is 11.8 Å². The van der Waals surface area contributed by atoms with Crippen LogP contribution in [0.1, 0.15) is 0 Å². The van der Waals surface area contributed by atoms with Crippen LogP contribution < -0.4 is 11.1 Å². The zero-order valence-electron chi connectivity index (χ0n) is 9.03. The molecular formula is C13H13N2S. The van der Waals surface area contributed by atoms with Crippen LogP contribution in [0.2, 0.25) is 0 Å². The summed E-state index contributed by atoms with van der Waals surface area (Å²) in [5.74, 6) is 0. The zero-order chi connectivity index (χ0) is 11.4. The molecule has 2 rings (SSSR count). The van der Waals surface area contributed by atoms with Gasteiger partial charge in [-0.25, -0.2) is 0 Å². The fourth-order valence-corrected chi connectivity index (χ4v) is 1.97. The van der Waals surface area contributed by atoms with Crippen LogP contribution in [0.4, 0.5) is 17.1 Å². The highest BCUT2D eigenvalue weighted by atomic mass is 32.2. The van der Waals surface area contributed by atoms with Gasteiger partial charge in [0.25, 0.3) is 0 Å². The molecule has 0 bridgehead atoms. The van der Waals surface area contributed by atoms with Crippen molar-refractivity contribution in [3.05, 3.63) is 48.5 Å². The number of hydrogen-bond acceptors (Lipinski definition) is 3. The van der Waals surface area contributed by atoms with E-state index in [4.69, 9.17) is 5.73 Å². The molecule has 3 N–H and O–H groups in total. The molecule has 3 heteroatoms. The van der Waals surface area contributed by atoms with E-state index in [-0.39, 0.29) is 0 Å². The van der Waals surface area contributed by atoms with Crippen LogP contribution in [0, 0.1) is 6.07 Å². The molecule has 81 valence electrons. The molecule has 16 heavy (non-hydrogen) atoms. The van der Waals surface area contributed by atoms with Gasteiger partial charge in [0.15, 0.2) is 0 Å². The van der Waals surface area contributed by atoms with Crippen molar-refractivity contribution in [3.63, 3.8) is 0 Å². The van der Waals surface area contributed by atoms with Crippen molar-refractivity contribution < 1.29 is 0 Å². The van der Waals surface area contributed by atoms with Crippen LogP contribution in [0.5, 0.6) is 0 Å². The monoisotopic (exact) mass is 229 g/mol. The molecule has 0 aromatic heterocycles.